The second-order valence-electron chi connectivity index (χ2n) is 11.9. The van der Waals surface area contributed by atoms with Crippen LogP contribution < -0.4 is 27.4 Å². The Morgan fingerprint density at radius 1 is 0.762 bits per heavy atom. The normalized spacial score (nSPS) is 15.1. The number of benzene rings is 1. The summed E-state index contributed by atoms with van der Waals surface area (Å²) < 4.78 is 0. The first-order valence-electron chi connectivity index (χ1n) is 16.4. The minimum Gasteiger partial charge on any atom is -0.394 e. The molecule has 3 amide bonds. The number of aryl methyl sites for hydroxylation is 1. The molecule has 0 heterocycles. The molecule has 1 aromatic rings. The van der Waals surface area contributed by atoms with Crippen LogP contribution in [0.15, 0.2) is 24.3 Å². The van der Waals surface area contributed by atoms with E-state index in [0.717, 1.165) is 44.2 Å². The molecule has 2 atom stereocenters. The summed E-state index contributed by atoms with van der Waals surface area (Å²) in [6.45, 7) is 1.31. The molecule has 1 aliphatic rings. The topological polar surface area (TPSA) is 160 Å². The summed E-state index contributed by atoms with van der Waals surface area (Å²) in [5.74, 6) is -0.502. The summed E-state index contributed by atoms with van der Waals surface area (Å²) in [4.78, 5) is 38.6. The van der Waals surface area contributed by atoms with Gasteiger partial charge in [-0.15, -0.1) is 0 Å². The van der Waals surface area contributed by atoms with Crippen molar-refractivity contribution in [3.63, 3.8) is 0 Å². The maximum atomic E-state index is 13.0. The summed E-state index contributed by atoms with van der Waals surface area (Å²) in [5, 5.41) is 18.2. The third-order valence-corrected chi connectivity index (χ3v) is 8.30. The highest BCUT2D eigenvalue weighted by molar-refractivity contribution is 5.92. The van der Waals surface area contributed by atoms with E-state index in [9.17, 15) is 19.5 Å². The zero-order valence-electron chi connectivity index (χ0n) is 25.7. The van der Waals surface area contributed by atoms with Gasteiger partial charge in [0.15, 0.2) is 0 Å². The van der Waals surface area contributed by atoms with Gasteiger partial charge in [0.25, 0.3) is 0 Å². The predicted molar refractivity (Wildman–Crippen MR) is 169 cm³/mol. The average molecular weight is 588 g/mol. The molecule has 238 valence electrons. The van der Waals surface area contributed by atoms with Crippen molar-refractivity contribution >= 4 is 17.7 Å². The van der Waals surface area contributed by atoms with E-state index in [-0.39, 0.29) is 18.2 Å². The third kappa shape index (κ3) is 15.1. The fraction of sp³-hybridized carbons (Fsp3) is 0.727. The Hall–Kier alpha value is -2.49. The molecule has 0 saturated heterocycles. The number of carbonyl (C=O) groups is 3. The highest BCUT2D eigenvalue weighted by atomic mass is 16.3. The van der Waals surface area contributed by atoms with Crippen LogP contribution in [0.5, 0.6) is 0 Å². The van der Waals surface area contributed by atoms with Gasteiger partial charge in [0, 0.05) is 6.54 Å². The van der Waals surface area contributed by atoms with Gasteiger partial charge in [-0.1, -0.05) is 82.1 Å². The number of aliphatic hydroxyl groups is 1. The zero-order chi connectivity index (χ0) is 30.4. The molecule has 0 spiro atoms. The average Bonchev–Trinajstić information content (AvgIpc) is 3.00. The van der Waals surface area contributed by atoms with Crippen molar-refractivity contribution in [3.05, 3.63) is 35.4 Å². The zero-order valence-corrected chi connectivity index (χ0v) is 25.7. The first-order chi connectivity index (χ1) is 20.5. The lowest BCUT2D eigenvalue weighted by atomic mass is 9.87. The first-order valence-corrected chi connectivity index (χ1v) is 16.4. The Morgan fingerprint density at radius 2 is 1.38 bits per heavy atom. The number of carbonyl (C=O) groups excluding carboxylic acids is 3. The van der Waals surface area contributed by atoms with Crippen molar-refractivity contribution in [2.45, 2.75) is 121 Å². The second kappa shape index (κ2) is 22.1. The van der Waals surface area contributed by atoms with E-state index in [0.29, 0.717) is 31.8 Å². The van der Waals surface area contributed by atoms with Gasteiger partial charge in [-0.2, -0.15) is 0 Å². The number of hydrogen-bond donors (Lipinski definition) is 6. The number of nitrogens with two attached hydrogens (primary N) is 2. The molecule has 0 radical (unpaired) electrons. The Labute approximate surface area is 253 Å². The number of hydrogen-bond acceptors (Lipinski definition) is 6. The highest BCUT2D eigenvalue weighted by Crippen LogP contribution is 2.25. The standard InChI is InChI=1S/C33H57N5O4/c34-21-10-4-2-1-3-6-14-27-16-18-28(19-17-27)24-31(40)37-30(25-39)33(42)38-29(15-9-11-22-35)32(41)36-23-20-26-12-7-5-8-13-26/h16-19,26,29-30,39H,1-15,20-25,34-35H2,(H,36,41)(H,37,40)(H,38,42)/t29-,30-/m0/s1. The van der Waals surface area contributed by atoms with Crippen LogP contribution >= 0.6 is 0 Å². The summed E-state index contributed by atoms with van der Waals surface area (Å²) in [7, 11) is 0. The number of rotatable bonds is 22. The summed E-state index contributed by atoms with van der Waals surface area (Å²) in [6.07, 6.45) is 17.3. The minimum atomic E-state index is -1.13. The van der Waals surface area contributed by atoms with Gasteiger partial charge in [-0.25, -0.2) is 0 Å². The molecule has 9 nitrogen and oxygen atoms in total. The Balaban J connectivity index is 1.79. The number of aliphatic hydroxyl groups excluding tert-OH is 1. The van der Waals surface area contributed by atoms with E-state index in [1.54, 1.807) is 0 Å². The van der Waals surface area contributed by atoms with Crippen LogP contribution in [-0.4, -0.2) is 61.2 Å². The van der Waals surface area contributed by atoms with E-state index in [2.05, 4.69) is 16.0 Å². The van der Waals surface area contributed by atoms with Gasteiger partial charge < -0.3 is 32.5 Å². The molecule has 1 aliphatic carbocycles. The lowest BCUT2D eigenvalue weighted by Gasteiger charge is -2.24. The van der Waals surface area contributed by atoms with E-state index in [1.807, 2.05) is 24.3 Å². The Bertz CT molecular complexity index is 889. The molecule has 42 heavy (non-hydrogen) atoms. The Kier molecular flexibility index (Phi) is 18.8. The smallest absolute Gasteiger partial charge is 0.245 e. The Morgan fingerprint density at radius 3 is 2.05 bits per heavy atom. The van der Waals surface area contributed by atoms with Crippen LogP contribution in [0.4, 0.5) is 0 Å². The summed E-state index contributed by atoms with van der Waals surface area (Å²) in [5.41, 5.74) is 13.2. The number of amides is 3. The molecule has 0 aromatic heterocycles. The fourth-order valence-electron chi connectivity index (χ4n) is 5.66. The van der Waals surface area contributed by atoms with Crippen molar-refractivity contribution in [3.8, 4) is 0 Å². The van der Waals surface area contributed by atoms with Gasteiger partial charge in [0.05, 0.1) is 13.0 Å². The van der Waals surface area contributed by atoms with Crippen LogP contribution in [0.3, 0.4) is 0 Å². The molecule has 0 bridgehead atoms. The quantitative estimate of drug-likeness (QED) is 0.114. The van der Waals surface area contributed by atoms with Crippen LogP contribution in [0.2, 0.25) is 0 Å². The largest absolute Gasteiger partial charge is 0.394 e. The first kappa shape index (κ1) is 35.7. The molecule has 0 unspecified atom stereocenters. The monoisotopic (exact) mass is 587 g/mol. The number of nitrogens with one attached hydrogen (secondary N) is 3. The SMILES string of the molecule is NCCCCCCCCc1ccc(CC(=O)N[C@@H](CO)C(=O)N[C@@H](CCCCN)C(=O)NCCC2CCCCC2)cc1. The van der Waals surface area contributed by atoms with E-state index in [1.165, 1.54) is 63.4 Å². The highest BCUT2D eigenvalue weighted by Gasteiger charge is 2.26. The molecular weight excluding hydrogens is 530 g/mol. The van der Waals surface area contributed by atoms with Gasteiger partial charge in [-0.05, 0) is 75.1 Å². The number of unbranched alkanes of at least 4 members (excludes halogenated alkanes) is 6. The molecule has 0 aliphatic heterocycles. The summed E-state index contributed by atoms with van der Waals surface area (Å²) >= 11 is 0. The molecule has 1 aromatic carbocycles. The maximum absolute atomic E-state index is 13.0. The van der Waals surface area contributed by atoms with Gasteiger partial charge >= 0.3 is 0 Å². The minimum absolute atomic E-state index is 0.104. The van der Waals surface area contributed by atoms with E-state index in [4.69, 9.17) is 11.5 Å². The van der Waals surface area contributed by atoms with Crippen molar-refractivity contribution in [1.82, 2.24) is 16.0 Å². The maximum Gasteiger partial charge on any atom is 0.245 e. The molecule has 9 heteroatoms. The van der Waals surface area contributed by atoms with E-state index >= 15 is 0 Å². The molecular formula is C33H57N5O4. The fourth-order valence-corrected chi connectivity index (χ4v) is 5.66. The van der Waals surface area contributed by atoms with Gasteiger partial charge in [-0.3, -0.25) is 14.4 Å². The predicted octanol–water partition coefficient (Wildman–Crippen LogP) is 3.25. The molecule has 8 N–H and O–H groups in total. The third-order valence-electron chi connectivity index (χ3n) is 8.30. The summed E-state index contributed by atoms with van der Waals surface area (Å²) in [6, 6.07) is 6.11. The van der Waals surface area contributed by atoms with Crippen LogP contribution in [0, 0.1) is 5.92 Å². The molecule has 1 saturated carbocycles. The lowest BCUT2D eigenvalue weighted by Crippen LogP contribution is -2.55. The van der Waals surface area contributed by atoms with Gasteiger partial charge in [0.2, 0.25) is 17.7 Å². The van der Waals surface area contributed by atoms with Crippen molar-refractivity contribution in [2.24, 2.45) is 17.4 Å². The molecule has 1 fully saturated rings. The lowest BCUT2D eigenvalue weighted by molar-refractivity contribution is -0.133. The van der Waals surface area contributed by atoms with Crippen LogP contribution in [0.25, 0.3) is 0 Å². The van der Waals surface area contributed by atoms with Crippen molar-refractivity contribution in [2.75, 3.05) is 26.2 Å². The van der Waals surface area contributed by atoms with E-state index < -0.39 is 24.6 Å². The van der Waals surface area contributed by atoms with Crippen molar-refractivity contribution in [1.29, 1.82) is 0 Å². The van der Waals surface area contributed by atoms with Crippen molar-refractivity contribution < 1.29 is 19.5 Å². The van der Waals surface area contributed by atoms with Gasteiger partial charge in [0.1, 0.15) is 12.1 Å². The second-order valence-corrected chi connectivity index (χ2v) is 11.9. The molecule has 2 rings (SSSR count). The van der Waals surface area contributed by atoms with Crippen LogP contribution in [-0.2, 0) is 27.2 Å². The van der Waals surface area contributed by atoms with Crippen LogP contribution in [0.1, 0.15) is 107 Å².